The molecule has 2 aliphatic heterocycles. The lowest BCUT2D eigenvalue weighted by Crippen LogP contribution is -2.52. The summed E-state index contributed by atoms with van der Waals surface area (Å²) in [5.74, 6) is 0.0738. The highest BCUT2D eigenvalue weighted by Gasteiger charge is 2.42. The molecule has 0 aliphatic carbocycles. The molecule has 0 saturated carbocycles. The molecule has 0 aromatic carbocycles. The van der Waals surface area contributed by atoms with E-state index >= 15 is 0 Å². The minimum Gasteiger partial charge on any atom is -0.394 e. The topological polar surface area (TPSA) is 60.9 Å². The largest absolute Gasteiger partial charge is 0.394 e. The van der Waals surface area contributed by atoms with Crippen LogP contribution >= 0.6 is 0 Å². The van der Waals surface area contributed by atoms with Crippen LogP contribution in [-0.2, 0) is 9.59 Å². The monoisotopic (exact) mass is 282 g/mol. The SMILES string of the molecule is CC(C)(C)C(=O)N1CCCC1C(=O)N1CCC[C@@H]1CO. The summed E-state index contributed by atoms with van der Waals surface area (Å²) in [5.41, 5.74) is -0.454. The number of amides is 2. The number of carbonyl (C=O) groups is 2. The first-order valence-corrected chi connectivity index (χ1v) is 7.58. The summed E-state index contributed by atoms with van der Waals surface area (Å²) in [6.45, 7) is 7.07. The summed E-state index contributed by atoms with van der Waals surface area (Å²) < 4.78 is 0. The fourth-order valence-electron chi connectivity index (χ4n) is 3.20. The first kappa shape index (κ1) is 15.3. The third-order valence-electron chi connectivity index (χ3n) is 4.31. The average molecular weight is 282 g/mol. The summed E-state index contributed by atoms with van der Waals surface area (Å²) in [6, 6.07) is -0.386. The van der Waals surface area contributed by atoms with Crippen LogP contribution in [0.15, 0.2) is 0 Å². The summed E-state index contributed by atoms with van der Waals surface area (Å²) in [4.78, 5) is 28.7. The quantitative estimate of drug-likeness (QED) is 0.822. The molecular formula is C15H26N2O3. The number of hydrogen-bond donors (Lipinski definition) is 1. The molecule has 2 amide bonds. The Balaban J connectivity index is 2.11. The van der Waals surface area contributed by atoms with E-state index in [-0.39, 0.29) is 30.5 Å². The lowest BCUT2D eigenvalue weighted by atomic mass is 9.94. The van der Waals surface area contributed by atoms with E-state index in [1.54, 1.807) is 9.80 Å². The van der Waals surface area contributed by atoms with Gasteiger partial charge in [0.2, 0.25) is 11.8 Å². The van der Waals surface area contributed by atoms with Gasteiger partial charge in [-0.15, -0.1) is 0 Å². The maximum absolute atomic E-state index is 12.7. The van der Waals surface area contributed by atoms with Crippen molar-refractivity contribution in [2.24, 2.45) is 5.41 Å². The van der Waals surface area contributed by atoms with Crippen LogP contribution in [0.25, 0.3) is 0 Å². The number of likely N-dealkylation sites (tertiary alicyclic amines) is 2. The second kappa shape index (κ2) is 5.72. The summed E-state index contributed by atoms with van der Waals surface area (Å²) in [5, 5.41) is 9.36. The van der Waals surface area contributed by atoms with Gasteiger partial charge in [0.05, 0.1) is 12.6 Å². The van der Waals surface area contributed by atoms with Crippen molar-refractivity contribution in [2.75, 3.05) is 19.7 Å². The van der Waals surface area contributed by atoms with E-state index < -0.39 is 5.41 Å². The van der Waals surface area contributed by atoms with Crippen molar-refractivity contribution in [3.63, 3.8) is 0 Å². The Labute approximate surface area is 120 Å². The first-order valence-electron chi connectivity index (χ1n) is 7.58. The van der Waals surface area contributed by atoms with E-state index in [1.165, 1.54) is 0 Å². The van der Waals surface area contributed by atoms with E-state index in [0.29, 0.717) is 13.1 Å². The average Bonchev–Trinajstić information content (AvgIpc) is 3.04. The molecule has 2 rings (SSSR count). The molecule has 2 fully saturated rings. The van der Waals surface area contributed by atoms with Crippen LogP contribution in [-0.4, -0.2) is 58.5 Å². The van der Waals surface area contributed by atoms with Gasteiger partial charge in [-0.1, -0.05) is 20.8 Å². The minimum atomic E-state index is -0.454. The smallest absolute Gasteiger partial charge is 0.245 e. The third-order valence-corrected chi connectivity index (χ3v) is 4.31. The molecule has 0 bridgehead atoms. The fraction of sp³-hybridized carbons (Fsp3) is 0.867. The highest BCUT2D eigenvalue weighted by atomic mass is 16.3. The number of hydrogen-bond acceptors (Lipinski definition) is 3. The van der Waals surface area contributed by atoms with Gasteiger partial charge in [-0.25, -0.2) is 0 Å². The highest BCUT2D eigenvalue weighted by molar-refractivity contribution is 5.90. The molecule has 2 aliphatic rings. The maximum atomic E-state index is 12.7. The van der Waals surface area contributed by atoms with Gasteiger partial charge in [0.25, 0.3) is 0 Å². The maximum Gasteiger partial charge on any atom is 0.245 e. The molecule has 5 nitrogen and oxygen atoms in total. The summed E-state index contributed by atoms with van der Waals surface area (Å²) in [6.07, 6.45) is 3.43. The zero-order valence-electron chi connectivity index (χ0n) is 12.8. The van der Waals surface area contributed by atoms with Crippen LogP contribution < -0.4 is 0 Å². The molecule has 1 unspecified atom stereocenters. The van der Waals surface area contributed by atoms with Crippen molar-refractivity contribution in [3.05, 3.63) is 0 Å². The lowest BCUT2D eigenvalue weighted by Gasteiger charge is -2.33. The van der Waals surface area contributed by atoms with Gasteiger partial charge in [0.1, 0.15) is 6.04 Å². The van der Waals surface area contributed by atoms with Gasteiger partial charge in [-0.05, 0) is 25.7 Å². The van der Waals surface area contributed by atoms with Crippen molar-refractivity contribution in [3.8, 4) is 0 Å². The Morgan fingerprint density at radius 1 is 1.10 bits per heavy atom. The van der Waals surface area contributed by atoms with E-state index in [0.717, 1.165) is 25.7 Å². The Kier molecular flexibility index (Phi) is 4.37. The Bertz CT molecular complexity index is 389. The zero-order chi connectivity index (χ0) is 14.9. The number of aliphatic hydroxyl groups excluding tert-OH is 1. The van der Waals surface area contributed by atoms with Crippen molar-refractivity contribution < 1.29 is 14.7 Å². The van der Waals surface area contributed by atoms with Gasteiger partial charge in [0, 0.05) is 18.5 Å². The molecular weight excluding hydrogens is 256 g/mol. The molecule has 2 saturated heterocycles. The predicted octanol–water partition coefficient (Wildman–Crippen LogP) is 1.01. The summed E-state index contributed by atoms with van der Waals surface area (Å²) in [7, 11) is 0. The van der Waals surface area contributed by atoms with Crippen molar-refractivity contribution in [1.82, 2.24) is 9.80 Å². The molecule has 1 N–H and O–H groups in total. The number of aliphatic hydroxyl groups is 1. The van der Waals surface area contributed by atoms with Gasteiger partial charge < -0.3 is 14.9 Å². The minimum absolute atomic E-state index is 0.0195. The molecule has 0 radical (unpaired) electrons. The lowest BCUT2D eigenvalue weighted by molar-refractivity contribution is -0.149. The van der Waals surface area contributed by atoms with E-state index in [9.17, 15) is 14.7 Å². The standard InChI is InChI=1S/C15H26N2O3/c1-15(2,3)14(20)17-9-5-7-12(17)13(19)16-8-4-6-11(16)10-18/h11-12,18H,4-10H2,1-3H3/t11-,12?/m1/s1. The molecule has 0 aromatic rings. The van der Waals surface area contributed by atoms with E-state index in [4.69, 9.17) is 0 Å². The number of carbonyl (C=O) groups excluding carboxylic acids is 2. The predicted molar refractivity (Wildman–Crippen MR) is 76.0 cm³/mol. The first-order chi connectivity index (χ1) is 9.36. The van der Waals surface area contributed by atoms with Crippen LogP contribution in [0.5, 0.6) is 0 Å². The molecule has 5 heteroatoms. The Morgan fingerprint density at radius 3 is 2.30 bits per heavy atom. The van der Waals surface area contributed by atoms with E-state index in [2.05, 4.69) is 0 Å². The van der Waals surface area contributed by atoms with Gasteiger partial charge in [0.15, 0.2) is 0 Å². The van der Waals surface area contributed by atoms with Crippen molar-refractivity contribution >= 4 is 11.8 Å². The van der Waals surface area contributed by atoms with Crippen LogP contribution in [0.4, 0.5) is 0 Å². The second-order valence-corrected chi connectivity index (χ2v) is 6.92. The third kappa shape index (κ3) is 2.82. The van der Waals surface area contributed by atoms with Crippen LogP contribution in [0.3, 0.4) is 0 Å². The molecule has 20 heavy (non-hydrogen) atoms. The zero-order valence-corrected chi connectivity index (χ0v) is 12.8. The van der Waals surface area contributed by atoms with Crippen molar-refractivity contribution in [2.45, 2.75) is 58.5 Å². The fourth-order valence-corrected chi connectivity index (χ4v) is 3.20. The highest BCUT2D eigenvalue weighted by Crippen LogP contribution is 2.28. The van der Waals surface area contributed by atoms with Gasteiger partial charge >= 0.3 is 0 Å². The Hall–Kier alpha value is -1.10. The summed E-state index contributed by atoms with van der Waals surface area (Å²) >= 11 is 0. The van der Waals surface area contributed by atoms with Crippen LogP contribution in [0.2, 0.25) is 0 Å². The van der Waals surface area contributed by atoms with Gasteiger partial charge in [-0.3, -0.25) is 9.59 Å². The molecule has 0 aromatic heterocycles. The number of nitrogens with zero attached hydrogens (tertiary/aromatic N) is 2. The molecule has 0 spiro atoms. The molecule has 2 heterocycles. The van der Waals surface area contributed by atoms with E-state index in [1.807, 2.05) is 20.8 Å². The number of rotatable bonds is 2. The molecule has 114 valence electrons. The van der Waals surface area contributed by atoms with Gasteiger partial charge in [-0.2, -0.15) is 0 Å². The van der Waals surface area contributed by atoms with Crippen LogP contribution in [0.1, 0.15) is 46.5 Å². The van der Waals surface area contributed by atoms with Crippen molar-refractivity contribution in [1.29, 1.82) is 0 Å². The van der Waals surface area contributed by atoms with Crippen LogP contribution in [0, 0.1) is 5.41 Å². The normalized spacial score (nSPS) is 27.2. The second-order valence-electron chi connectivity index (χ2n) is 6.92. The molecule has 2 atom stereocenters. The Morgan fingerprint density at radius 2 is 1.70 bits per heavy atom.